The van der Waals surface area contributed by atoms with E-state index in [9.17, 15) is 26.3 Å². The standard InChI is InChI=1S/C9H8F6O3/c10-8(11,12)7(18,9(13,14)15)5-3-4(16)1-2-6(5)17/h1,3,6,16-18H,2H2. The third kappa shape index (κ3) is 2.19. The SMILES string of the molecule is OC1=CCC(O)C(C(O)(C(F)(F)F)C(F)(F)F)=C1. The Labute approximate surface area is 96.6 Å². The van der Waals surface area contributed by atoms with Gasteiger partial charge in [-0.05, 0) is 18.6 Å². The summed E-state index contributed by atoms with van der Waals surface area (Å²) in [5.74, 6) is -0.887. The first-order valence-electron chi connectivity index (χ1n) is 4.56. The molecule has 18 heavy (non-hydrogen) atoms. The quantitative estimate of drug-likeness (QED) is 0.643. The summed E-state index contributed by atoms with van der Waals surface area (Å²) in [5.41, 5.74) is -6.94. The molecule has 1 unspecified atom stereocenters. The Kier molecular flexibility index (Phi) is 3.43. The molecule has 1 aliphatic rings. The van der Waals surface area contributed by atoms with Crippen LogP contribution in [0, 0.1) is 0 Å². The Morgan fingerprint density at radius 2 is 1.50 bits per heavy atom. The van der Waals surface area contributed by atoms with Crippen LogP contribution in [0.4, 0.5) is 26.3 Å². The van der Waals surface area contributed by atoms with E-state index in [2.05, 4.69) is 0 Å². The van der Waals surface area contributed by atoms with Crippen molar-refractivity contribution in [3.05, 3.63) is 23.5 Å². The third-order valence-corrected chi connectivity index (χ3v) is 2.45. The summed E-state index contributed by atoms with van der Waals surface area (Å²) in [7, 11) is 0. The lowest BCUT2D eigenvalue weighted by atomic mass is 9.84. The van der Waals surface area contributed by atoms with E-state index in [1.165, 1.54) is 0 Å². The fourth-order valence-electron chi connectivity index (χ4n) is 1.51. The number of hydrogen-bond donors (Lipinski definition) is 3. The van der Waals surface area contributed by atoms with Gasteiger partial charge >= 0.3 is 12.4 Å². The summed E-state index contributed by atoms with van der Waals surface area (Å²) in [6, 6.07) is 0. The highest BCUT2D eigenvalue weighted by atomic mass is 19.4. The molecule has 0 saturated carbocycles. The van der Waals surface area contributed by atoms with Crippen LogP contribution in [0.1, 0.15) is 6.42 Å². The van der Waals surface area contributed by atoms with Crippen LogP contribution in [0.2, 0.25) is 0 Å². The molecule has 9 heteroatoms. The molecule has 3 N–H and O–H groups in total. The van der Waals surface area contributed by atoms with Crippen molar-refractivity contribution in [1.82, 2.24) is 0 Å². The predicted octanol–water partition coefficient (Wildman–Crippen LogP) is 1.98. The van der Waals surface area contributed by atoms with Gasteiger partial charge in [0.25, 0.3) is 5.60 Å². The summed E-state index contributed by atoms with van der Waals surface area (Å²) in [6.45, 7) is 0. The van der Waals surface area contributed by atoms with Gasteiger partial charge in [0.05, 0.1) is 6.10 Å². The lowest BCUT2D eigenvalue weighted by Crippen LogP contribution is -2.60. The van der Waals surface area contributed by atoms with E-state index in [1.54, 1.807) is 0 Å². The number of hydrogen-bond acceptors (Lipinski definition) is 3. The Balaban J connectivity index is 3.42. The van der Waals surface area contributed by atoms with Gasteiger partial charge in [-0.2, -0.15) is 26.3 Å². The maximum absolute atomic E-state index is 12.5. The van der Waals surface area contributed by atoms with Crippen molar-refractivity contribution in [2.24, 2.45) is 0 Å². The van der Waals surface area contributed by atoms with Gasteiger partial charge in [-0.3, -0.25) is 0 Å². The maximum atomic E-state index is 12.5. The van der Waals surface area contributed by atoms with Crippen LogP contribution < -0.4 is 0 Å². The van der Waals surface area contributed by atoms with Crippen molar-refractivity contribution in [2.45, 2.75) is 30.5 Å². The first-order valence-corrected chi connectivity index (χ1v) is 4.56. The molecule has 0 aliphatic heterocycles. The van der Waals surface area contributed by atoms with Crippen LogP contribution in [-0.2, 0) is 0 Å². The number of halogens is 6. The normalized spacial score (nSPS) is 22.6. The molecule has 0 spiro atoms. The maximum Gasteiger partial charge on any atom is 0.430 e. The lowest BCUT2D eigenvalue weighted by molar-refractivity contribution is -0.355. The van der Waals surface area contributed by atoms with Crippen molar-refractivity contribution in [3.63, 3.8) is 0 Å². The molecule has 0 saturated heterocycles. The minimum Gasteiger partial charge on any atom is -0.508 e. The first-order chi connectivity index (χ1) is 7.91. The molecule has 0 aromatic carbocycles. The van der Waals surface area contributed by atoms with Gasteiger partial charge in [0.15, 0.2) is 0 Å². The molecule has 0 heterocycles. The summed E-state index contributed by atoms with van der Waals surface area (Å²) in [6.07, 6.45) is -14.1. The molecule has 1 aliphatic carbocycles. The van der Waals surface area contributed by atoms with Crippen LogP contribution >= 0.6 is 0 Å². The number of aliphatic hydroxyl groups excluding tert-OH is 2. The minimum atomic E-state index is -6.07. The molecule has 0 bridgehead atoms. The van der Waals surface area contributed by atoms with Crippen molar-refractivity contribution in [3.8, 4) is 0 Å². The molecular weight excluding hydrogens is 270 g/mol. The highest BCUT2D eigenvalue weighted by Gasteiger charge is 2.73. The van der Waals surface area contributed by atoms with Gasteiger partial charge in [-0.1, -0.05) is 0 Å². The van der Waals surface area contributed by atoms with E-state index in [1.807, 2.05) is 0 Å². The van der Waals surface area contributed by atoms with Crippen LogP contribution in [-0.4, -0.2) is 39.4 Å². The molecule has 0 fully saturated rings. The molecular formula is C9H8F6O3. The molecule has 0 amide bonds. The van der Waals surface area contributed by atoms with E-state index in [0.717, 1.165) is 6.08 Å². The molecule has 1 rings (SSSR count). The van der Waals surface area contributed by atoms with Crippen molar-refractivity contribution < 1.29 is 41.7 Å². The second-order valence-electron chi connectivity index (χ2n) is 3.69. The summed E-state index contributed by atoms with van der Waals surface area (Å²) in [4.78, 5) is 0. The molecule has 3 nitrogen and oxygen atoms in total. The summed E-state index contributed by atoms with van der Waals surface area (Å²) < 4.78 is 74.8. The smallest absolute Gasteiger partial charge is 0.430 e. The van der Waals surface area contributed by atoms with Crippen molar-refractivity contribution >= 4 is 0 Å². The number of allylic oxidation sites excluding steroid dienone is 1. The van der Waals surface area contributed by atoms with Gasteiger partial charge in [0.2, 0.25) is 0 Å². The van der Waals surface area contributed by atoms with Gasteiger partial charge in [0.1, 0.15) is 5.76 Å². The van der Waals surface area contributed by atoms with E-state index >= 15 is 0 Å². The summed E-state index contributed by atoms with van der Waals surface area (Å²) >= 11 is 0. The molecule has 0 radical (unpaired) electrons. The zero-order valence-electron chi connectivity index (χ0n) is 8.55. The number of rotatable bonds is 1. The number of alkyl halides is 6. The first kappa shape index (κ1) is 14.8. The Hall–Kier alpha value is -1.22. The topological polar surface area (TPSA) is 60.7 Å². The second kappa shape index (κ2) is 4.16. The Morgan fingerprint density at radius 3 is 1.89 bits per heavy atom. The minimum absolute atomic E-state index is 0.0646. The largest absolute Gasteiger partial charge is 0.508 e. The van der Waals surface area contributed by atoms with Gasteiger partial charge < -0.3 is 15.3 Å². The zero-order chi connectivity index (χ0) is 14.4. The average molecular weight is 278 g/mol. The van der Waals surface area contributed by atoms with Crippen molar-refractivity contribution in [1.29, 1.82) is 0 Å². The highest BCUT2D eigenvalue weighted by Crippen LogP contribution is 2.49. The molecule has 1 atom stereocenters. The molecule has 0 aromatic heterocycles. The number of aliphatic hydroxyl groups is 3. The molecule has 0 aromatic rings. The molecule has 104 valence electrons. The third-order valence-electron chi connectivity index (χ3n) is 2.45. The monoisotopic (exact) mass is 278 g/mol. The van der Waals surface area contributed by atoms with Gasteiger partial charge in [-0.25, -0.2) is 0 Å². The van der Waals surface area contributed by atoms with Gasteiger partial charge in [0, 0.05) is 5.57 Å². The predicted molar refractivity (Wildman–Crippen MR) is 46.5 cm³/mol. The van der Waals surface area contributed by atoms with Crippen LogP contribution in [0.5, 0.6) is 0 Å². The van der Waals surface area contributed by atoms with Crippen molar-refractivity contribution in [2.75, 3.05) is 0 Å². The fourth-order valence-corrected chi connectivity index (χ4v) is 1.51. The second-order valence-corrected chi connectivity index (χ2v) is 3.69. The zero-order valence-corrected chi connectivity index (χ0v) is 8.55. The lowest BCUT2D eigenvalue weighted by Gasteiger charge is -2.37. The average Bonchev–Trinajstić information content (AvgIpc) is 2.17. The van der Waals surface area contributed by atoms with Crippen LogP contribution in [0.25, 0.3) is 0 Å². The van der Waals surface area contributed by atoms with E-state index in [0.29, 0.717) is 0 Å². The highest BCUT2D eigenvalue weighted by molar-refractivity contribution is 5.35. The Bertz CT molecular complexity index is 378. The van der Waals surface area contributed by atoms with Crippen LogP contribution in [0.15, 0.2) is 23.5 Å². The summed E-state index contributed by atoms with van der Waals surface area (Å²) in [5, 5.41) is 27.1. The van der Waals surface area contributed by atoms with Gasteiger partial charge in [-0.15, -0.1) is 0 Å². The van der Waals surface area contributed by atoms with E-state index in [-0.39, 0.29) is 6.08 Å². The van der Waals surface area contributed by atoms with Crippen LogP contribution in [0.3, 0.4) is 0 Å². The van der Waals surface area contributed by atoms with E-state index in [4.69, 9.17) is 15.3 Å². The Morgan fingerprint density at radius 1 is 1.06 bits per heavy atom. The van der Waals surface area contributed by atoms with E-state index < -0.39 is 41.8 Å². The fraction of sp³-hybridized carbons (Fsp3) is 0.556.